The van der Waals surface area contributed by atoms with Crippen LogP contribution in [-0.4, -0.2) is 15.0 Å². The quantitative estimate of drug-likeness (QED) is 0.771. The number of ether oxygens (including phenoxy) is 1. The lowest BCUT2D eigenvalue weighted by Gasteiger charge is -2.19. The largest absolute Gasteiger partial charge is 0.433 e. The maximum atomic E-state index is 12.7. The number of halogens is 3. The van der Waals surface area contributed by atoms with Gasteiger partial charge in [-0.05, 0) is 42.7 Å². The van der Waals surface area contributed by atoms with Crippen LogP contribution in [0.3, 0.4) is 0 Å². The van der Waals surface area contributed by atoms with Crippen molar-refractivity contribution in [2.45, 2.75) is 29.9 Å². The van der Waals surface area contributed by atoms with Crippen LogP contribution in [0, 0.1) is 0 Å². The molecule has 0 atom stereocenters. The predicted octanol–water partition coefficient (Wildman–Crippen LogP) is 4.02. The van der Waals surface area contributed by atoms with E-state index >= 15 is 0 Å². The second kappa shape index (κ2) is 6.42. The van der Waals surface area contributed by atoms with Crippen molar-refractivity contribution in [3.05, 3.63) is 58.6 Å². The topological polar surface area (TPSA) is 55.4 Å². The van der Waals surface area contributed by atoms with Gasteiger partial charge in [0.25, 0.3) is 0 Å². The van der Waals surface area contributed by atoms with Gasteiger partial charge in [-0.25, -0.2) is 13.1 Å². The number of benzene rings is 2. The van der Waals surface area contributed by atoms with E-state index in [1.165, 1.54) is 24.3 Å². The van der Waals surface area contributed by atoms with Crippen LogP contribution in [0.15, 0.2) is 57.9 Å². The molecule has 8 heteroatoms. The monoisotopic (exact) mass is 417 g/mol. The highest BCUT2D eigenvalue weighted by molar-refractivity contribution is 9.10. The highest BCUT2D eigenvalue weighted by atomic mass is 79.9. The van der Waals surface area contributed by atoms with Crippen molar-refractivity contribution in [1.82, 2.24) is 4.72 Å². The first kappa shape index (κ1) is 17.3. The third-order valence-corrected chi connectivity index (χ3v) is 5.94. The van der Waals surface area contributed by atoms with E-state index < -0.39 is 22.2 Å². The van der Waals surface area contributed by atoms with E-state index in [2.05, 4.69) is 25.4 Å². The first-order chi connectivity index (χ1) is 11.3. The minimum atomic E-state index is -4.01. The summed E-state index contributed by atoms with van der Waals surface area (Å²) in [6.07, 6.45) is 1.29. The molecule has 0 amide bonds. The van der Waals surface area contributed by atoms with Crippen LogP contribution in [0.1, 0.15) is 18.4 Å². The van der Waals surface area contributed by atoms with E-state index in [0.717, 1.165) is 10.0 Å². The zero-order chi connectivity index (χ0) is 17.4. The molecule has 0 unspecified atom stereocenters. The van der Waals surface area contributed by atoms with Crippen molar-refractivity contribution < 1.29 is 21.9 Å². The smallest absolute Gasteiger partial charge is 0.387 e. The van der Waals surface area contributed by atoms with Crippen molar-refractivity contribution in [1.29, 1.82) is 0 Å². The van der Waals surface area contributed by atoms with Gasteiger partial charge in [0.1, 0.15) is 10.6 Å². The summed E-state index contributed by atoms with van der Waals surface area (Å²) in [7, 11) is -4.01. The molecule has 0 aliphatic heterocycles. The van der Waals surface area contributed by atoms with E-state index in [1.54, 1.807) is 0 Å². The summed E-state index contributed by atoms with van der Waals surface area (Å²) in [6, 6.07) is 12.7. The Kier molecular flexibility index (Phi) is 4.63. The molecule has 2 aromatic carbocycles. The van der Waals surface area contributed by atoms with Gasteiger partial charge in [0.05, 0.1) is 5.54 Å². The molecule has 4 nitrogen and oxygen atoms in total. The zero-order valence-corrected chi connectivity index (χ0v) is 14.8. The van der Waals surface area contributed by atoms with Crippen LogP contribution in [0.2, 0.25) is 0 Å². The lowest BCUT2D eigenvalue weighted by molar-refractivity contribution is -0.0517. The first-order valence-electron chi connectivity index (χ1n) is 7.16. The molecule has 0 spiro atoms. The molecule has 0 saturated heterocycles. The molecule has 1 fully saturated rings. The van der Waals surface area contributed by atoms with Gasteiger partial charge in [0.2, 0.25) is 10.0 Å². The van der Waals surface area contributed by atoms with E-state index in [1.807, 2.05) is 24.3 Å². The summed E-state index contributed by atoms with van der Waals surface area (Å²) in [5.74, 6) is -0.369. The van der Waals surface area contributed by atoms with Gasteiger partial charge < -0.3 is 4.74 Å². The summed E-state index contributed by atoms with van der Waals surface area (Å²) < 4.78 is 58.2. The van der Waals surface area contributed by atoms with Crippen molar-refractivity contribution in [2.24, 2.45) is 0 Å². The van der Waals surface area contributed by atoms with E-state index in [-0.39, 0.29) is 10.6 Å². The molecule has 2 aromatic rings. The Bertz CT molecular complexity index is 837. The average Bonchev–Trinajstić information content (AvgIpc) is 3.27. The number of hydrogen-bond acceptors (Lipinski definition) is 3. The molecule has 0 radical (unpaired) electrons. The van der Waals surface area contributed by atoms with Gasteiger partial charge in [0.15, 0.2) is 0 Å². The molecule has 128 valence electrons. The third kappa shape index (κ3) is 3.60. The summed E-state index contributed by atoms with van der Waals surface area (Å²) in [4.78, 5) is -0.298. The van der Waals surface area contributed by atoms with Crippen molar-refractivity contribution in [3.8, 4) is 5.75 Å². The van der Waals surface area contributed by atoms with E-state index in [0.29, 0.717) is 12.8 Å². The SMILES string of the molecule is O=S(=O)(NC1(c2ccc(Br)cc2)CC1)c1ccccc1OC(F)F. The third-order valence-electron chi connectivity index (χ3n) is 3.83. The molecule has 1 N–H and O–H groups in total. The highest BCUT2D eigenvalue weighted by Gasteiger charge is 2.48. The van der Waals surface area contributed by atoms with Crippen LogP contribution in [0.25, 0.3) is 0 Å². The Hall–Kier alpha value is -1.51. The summed E-state index contributed by atoms with van der Waals surface area (Å²) >= 11 is 3.34. The molecular weight excluding hydrogens is 404 g/mol. The van der Waals surface area contributed by atoms with Crippen LogP contribution in [-0.2, 0) is 15.6 Å². The van der Waals surface area contributed by atoms with Gasteiger partial charge in [0, 0.05) is 4.47 Å². The van der Waals surface area contributed by atoms with Crippen LogP contribution < -0.4 is 9.46 Å². The lowest BCUT2D eigenvalue weighted by Crippen LogP contribution is -2.35. The van der Waals surface area contributed by atoms with Crippen LogP contribution in [0.4, 0.5) is 8.78 Å². The fourth-order valence-electron chi connectivity index (χ4n) is 2.52. The van der Waals surface area contributed by atoms with Gasteiger partial charge in [-0.15, -0.1) is 0 Å². The fourth-order valence-corrected chi connectivity index (χ4v) is 4.37. The Morgan fingerprint density at radius 3 is 2.29 bits per heavy atom. The molecule has 1 aliphatic carbocycles. The predicted molar refractivity (Wildman–Crippen MR) is 88.4 cm³/mol. The second-order valence-corrected chi connectivity index (χ2v) is 8.09. The lowest BCUT2D eigenvalue weighted by atomic mass is 10.1. The van der Waals surface area contributed by atoms with Gasteiger partial charge in [-0.2, -0.15) is 8.78 Å². The highest BCUT2D eigenvalue weighted by Crippen LogP contribution is 2.47. The molecule has 1 aliphatic rings. The Labute approximate surface area is 147 Å². The van der Waals surface area contributed by atoms with Gasteiger partial charge in [-0.3, -0.25) is 0 Å². The summed E-state index contributed by atoms with van der Waals surface area (Å²) in [6.45, 7) is -3.09. The Morgan fingerprint density at radius 2 is 1.71 bits per heavy atom. The zero-order valence-electron chi connectivity index (χ0n) is 12.4. The summed E-state index contributed by atoms with van der Waals surface area (Å²) in [5, 5.41) is 0. The molecule has 1 saturated carbocycles. The Balaban J connectivity index is 1.91. The maximum Gasteiger partial charge on any atom is 0.387 e. The number of sulfonamides is 1. The standard InChI is InChI=1S/C16H14BrF2NO3S/c17-12-7-5-11(6-8-12)16(9-10-16)20-24(21,22)14-4-2-1-3-13(14)23-15(18)19/h1-8,15,20H,9-10H2. The van der Waals surface area contributed by atoms with Crippen LogP contribution in [0.5, 0.6) is 5.75 Å². The van der Waals surface area contributed by atoms with E-state index in [4.69, 9.17) is 0 Å². The normalized spacial score (nSPS) is 16.2. The van der Waals surface area contributed by atoms with E-state index in [9.17, 15) is 17.2 Å². The van der Waals surface area contributed by atoms with Crippen LogP contribution >= 0.6 is 15.9 Å². The summed E-state index contributed by atoms with van der Waals surface area (Å²) in [5.41, 5.74) is 0.138. The molecule has 0 heterocycles. The van der Waals surface area contributed by atoms with Gasteiger partial charge in [-0.1, -0.05) is 40.2 Å². The van der Waals surface area contributed by atoms with Crippen molar-refractivity contribution >= 4 is 26.0 Å². The molecule has 0 aromatic heterocycles. The molecule has 0 bridgehead atoms. The Morgan fingerprint density at radius 1 is 1.08 bits per heavy atom. The molecule has 3 rings (SSSR count). The molecule has 24 heavy (non-hydrogen) atoms. The second-order valence-electron chi connectivity index (χ2n) is 5.52. The first-order valence-corrected chi connectivity index (χ1v) is 9.44. The maximum absolute atomic E-state index is 12.7. The van der Waals surface area contributed by atoms with Crippen molar-refractivity contribution in [2.75, 3.05) is 0 Å². The number of para-hydroxylation sites is 1. The minimum Gasteiger partial charge on any atom is -0.433 e. The van der Waals surface area contributed by atoms with Gasteiger partial charge >= 0.3 is 6.61 Å². The number of rotatable bonds is 6. The number of alkyl halides is 2. The number of nitrogens with one attached hydrogen (secondary N) is 1. The fraction of sp³-hybridized carbons (Fsp3) is 0.250. The molecular formula is C16H14BrF2NO3S. The minimum absolute atomic E-state index is 0.298. The number of hydrogen-bond donors (Lipinski definition) is 1. The average molecular weight is 418 g/mol. The van der Waals surface area contributed by atoms with Crippen molar-refractivity contribution in [3.63, 3.8) is 0 Å².